The molecule has 70 valence electrons. The molecule has 2 heterocycles. The molecule has 0 amide bonds. The lowest BCUT2D eigenvalue weighted by atomic mass is 10.1. The molecule has 0 spiro atoms. The first-order valence-corrected chi connectivity index (χ1v) is 5.55. The number of hydrogen-bond donors (Lipinski definition) is 2. The van der Waals surface area contributed by atoms with Gasteiger partial charge in [0.05, 0.1) is 9.35 Å². The Morgan fingerprint density at radius 1 is 1.62 bits per heavy atom. The zero-order chi connectivity index (χ0) is 9.42. The number of nitrogens with one attached hydrogen (secondary N) is 1. The molecule has 2 N–H and O–H groups in total. The van der Waals surface area contributed by atoms with Crippen LogP contribution in [0.2, 0.25) is 0 Å². The summed E-state index contributed by atoms with van der Waals surface area (Å²) in [6.07, 6.45) is 0.936. The molecule has 1 aliphatic rings. The van der Waals surface area contributed by atoms with Crippen molar-refractivity contribution >= 4 is 33.2 Å². The summed E-state index contributed by atoms with van der Waals surface area (Å²) in [6, 6.07) is 0. The van der Waals surface area contributed by atoms with E-state index in [2.05, 4.69) is 21.2 Å². The van der Waals surface area contributed by atoms with E-state index in [4.69, 9.17) is 5.11 Å². The number of carboxylic acid groups (broad SMARTS) is 1. The highest BCUT2D eigenvalue weighted by atomic mass is 79.9. The van der Waals surface area contributed by atoms with Crippen molar-refractivity contribution in [2.45, 2.75) is 13.0 Å². The molecule has 0 saturated carbocycles. The number of hydrogen-bond acceptors (Lipinski definition) is 3. The van der Waals surface area contributed by atoms with Crippen LogP contribution in [0.15, 0.2) is 3.79 Å². The van der Waals surface area contributed by atoms with Gasteiger partial charge in [-0.2, -0.15) is 0 Å². The van der Waals surface area contributed by atoms with Crippen LogP contribution < -0.4 is 5.32 Å². The van der Waals surface area contributed by atoms with Crippen LogP contribution in [0.25, 0.3) is 0 Å². The van der Waals surface area contributed by atoms with E-state index in [0.717, 1.165) is 22.3 Å². The van der Waals surface area contributed by atoms with Gasteiger partial charge >= 0.3 is 5.97 Å². The van der Waals surface area contributed by atoms with Crippen LogP contribution in [0.1, 0.15) is 20.8 Å². The molecule has 3 nitrogen and oxygen atoms in total. The maximum Gasteiger partial charge on any atom is 0.338 e. The molecule has 1 aromatic heterocycles. The van der Waals surface area contributed by atoms with E-state index in [1.165, 1.54) is 4.88 Å². The molecule has 0 atom stereocenters. The fourth-order valence-electron chi connectivity index (χ4n) is 1.50. The Bertz CT molecular complexity index is 361. The summed E-state index contributed by atoms with van der Waals surface area (Å²) >= 11 is 4.83. The molecule has 0 fully saturated rings. The Hall–Kier alpha value is -0.390. The number of aromatic carboxylic acids is 1. The summed E-state index contributed by atoms with van der Waals surface area (Å²) in [7, 11) is 0. The predicted molar refractivity (Wildman–Crippen MR) is 54.4 cm³/mol. The van der Waals surface area contributed by atoms with Gasteiger partial charge in [-0.1, -0.05) is 0 Å². The number of carboxylic acids is 1. The molecule has 0 unspecified atom stereocenters. The van der Waals surface area contributed by atoms with Gasteiger partial charge in [-0.15, -0.1) is 11.3 Å². The van der Waals surface area contributed by atoms with Crippen LogP contribution in [0.5, 0.6) is 0 Å². The topological polar surface area (TPSA) is 49.3 Å². The first-order valence-electron chi connectivity index (χ1n) is 3.94. The van der Waals surface area contributed by atoms with Gasteiger partial charge in [0.1, 0.15) is 0 Å². The van der Waals surface area contributed by atoms with E-state index < -0.39 is 5.97 Å². The van der Waals surface area contributed by atoms with Crippen LogP contribution in [0.3, 0.4) is 0 Å². The molecule has 5 heteroatoms. The molecule has 0 saturated heterocycles. The van der Waals surface area contributed by atoms with Crippen LogP contribution in [0, 0.1) is 0 Å². The van der Waals surface area contributed by atoms with Crippen LogP contribution in [0.4, 0.5) is 0 Å². The first kappa shape index (κ1) is 9.18. The summed E-state index contributed by atoms with van der Waals surface area (Å²) in [5.41, 5.74) is 1.39. The molecule has 0 radical (unpaired) electrons. The van der Waals surface area contributed by atoms with Crippen molar-refractivity contribution in [3.63, 3.8) is 0 Å². The normalized spacial score (nSPS) is 15.5. The summed E-state index contributed by atoms with van der Waals surface area (Å²) < 4.78 is 0.744. The van der Waals surface area contributed by atoms with Crippen molar-refractivity contribution in [3.8, 4) is 0 Å². The molecule has 1 aromatic rings. The van der Waals surface area contributed by atoms with Gasteiger partial charge < -0.3 is 10.4 Å². The minimum atomic E-state index is -0.840. The van der Waals surface area contributed by atoms with Crippen LogP contribution in [-0.4, -0.2) is 17.6 Å². The van der Waals surface area contributed by atoms with E-state index in [1.807, 2.05) is 0 Å². The summed E-state index contributed by atoms with van der Waals surface area (Å²) in [6.45, 7) is 1.62. The van der Waals surface area contributed by atoms with Crippen LogP contribution in [-0.2, 0) is 13.0 Å². The van der Waals surface area contributed by atoms with Gasteiger partial charge in [0, 0.05) is 18.0 Å². The highest BCUT2D eigenvalue weighted by Crippen LogP contribution is 2.34. The third-order valence-electron chi connectivity index (χ3n) is 2.09. The Kier molecular flexibility index (Phi) is 2.40. The fourth-order valence-corrected chi connectivity index (χ4v) is 3.52. The Balaban J connectivity index is 2.54. The molecule has 1 aliphatic heterocycles. The second-order valence-electron chi connectivity index (χ2n) is 2.88. The van der Waals surface area contributed by atoms with E-state index >= 15 is 0 Å². The van der Waals surface area contributed by atoms with Crippen molar-refractivity contribution in [2.75, 3.05) is 6.54 Å². The highest BCUT2D eigenvalue weighted by molar-refractivity contribution is 9.11. The Labute approximate surface area is 87.9 Å². The monoisotopic (exact) mass is 261 g/mol. The zero-order valence-electron chi connectivity index (χ0n) is 6.76. The molecular weight excluding hydrogens is 254 g/mol. The van der Waals surface area contributed by atoms with Gasteiger partial charge in [0.2, 0.25) is 0 Å². The SMILES string of the molecule is O=C(O)c1c(Br)sc2c1CNCC2. The molecule has 2 rings (SSSR count). The summed E-state index contributed by atoms with van der Waals surface area (Å²) in [4.78, 5) is 12.1. The van der Waals surface area contributed by atoms with Gasteiger partial charge in [0.25, 0.3) is 0 Å². The average molecular weight is 262 g/mol. The lowest BCUT2D eigenvalue weighted by Crippen LogP contribution is -2.23. The molecule has 0 aliphatic carbocycles. The number of rotatable bonds is 1. The molecule has 0 aromatic carbocycles. The number of carbonyl (C=O) groups is 1. The van der Waals surface area contributed by atoms with E-state index in [9.17, 15) is 4.79 Å². The Morgan fingerprint density at radius 2 is 2.38 bits per heavy atom. The molecular formula is C8H8BrNO2S. The second-order valence-corrected chi connectivity index (χ2v) is 5.31. The zero-order valence-corrected chi connectivity index (χ0v) is 9.17. The predicted octanol–water partition coefficient (Wildman–Crippen LogP) is 1.85. The largest absolute Gasteiger partial charge is 0.478 e. The quantitative estimate of drug-likeness (QED) is 0.812. The second kappa shape index (κ2) is 3.40. The minimum absolute atomic E-state index is 0.437. The Morgan fingerprint density at radius 3 is 3.08 bits per heavy atom. The highest BCUT2D eigenvalue weighted by Gasteiger charge is 2.23. The first-order chi connectivity index (χ1) is 6.20. The van der Waals surface area contributed by atoms with Gasteiger partial charge in [0.15, 0.2) is 0 Å². The standard InChI is InChI=1S/C8H8BrNO2S/c9-7-6(8(11)12)4-3-10-2-1-5(4)13-7/h10H,1-3H2,(H,11,12). The summed E-state index contributed by atoms with van der Waals surface area (Å²) in [5, 5.41) is 12.1. The van der Waals surface area contributed by atoms with Crippen molar-refractivity contribution in [3.05, 3.63) is 19.8 Å². The summed E-state index contributed by atoms with van der Waals surface area (Å²) in [5.74, 6) is -0.840. The minimum Gasteiger partial charge on any atom is -0.478 e. The molecule has 0 bridgehead atoms. The van der Waals surface area contributed by atoms with Crippen molar-refractivity contribution in [2.24, 2.45) is 0 Å². The van der Waals surface area contributed by atoms with Gasteiger partial charge in [-0.05, 0) is 27.9 Å². The third-order valence-corrected chi connectivity index (χ3v) is 4.05. The van der Waals surface area contributed by atoms with Crippen molar-refractivity contribution in [1.29, 1.82) is 0 Å². The van der Waals surface area contributed by atoms with E-state index in [-0.39, 0.29) is 0 Å². The lowest BCUT2D eigenvalue weighted by Gasteiger charge is -2.12. The van der Waals surface area contributed by atoms with Crippen molar-refractivity contribution in [1.82, 2.24) is 5.32 Å². The van der Waals surface area contributed by atoms with Gasteiger partial charge in [-0.3, -0.25) is 0 Å². The maximum atomic E-state index is 10.9. The van der Waals surface area contributed by atoms with E-state index in [1.54, 1.807) is 11.3 Å². The van der Waals surface area contributed by atoms with Crippen LogP contribution >= 0.6 is 27.3 Å². The smallest absolute Gasteiger partial charge is 0.338 e. The average Bonchev–Trinajstić information content (AvgIpc) is 2.39. The lowest BCUT2D eigenvalue weighted by molar-refractivity contribution is 0.0695. The molecule has 13 heavy (non-hydrogen) atoms. The third kappa shape index (κ3) is 1.51. The fraction of sp³-hybridized carbons (Fsp3) is 0.375. The number of fused-ring (bicyclic) bond motifs is 1. The van der Waals surface area contributed by atoms with Gasteiger partial charge in [-0.25, -0.2) is 4.79 Å². The van der Waals surface area contributed by atoms with Crippen molar-refractivity contribution < 1.29 is 9.90 Å². The maximum absolute atomic E-state index is 10.9. The number of thiophene rings is 1. The number of halogens is 1. The van der Waals surface area contributed by atoms with E-state index in [0.29, 0.717) is 12.1 Å².